The first-order chi connectivity index (χ1) is 12.9. The number of carbonyl (C=O) groups is 1. The number of ether oxygens (including phenoxy) is 1. The highest BCUT2D eigenvalue weighted by atomic mass is 16.5. The molecule has 1 aromatic carbocycles. The van der Waals surface area contributed by atoms with E-state index in [1.54, 1.807) is 0 Å². The van der Waals surface area contributed by atoms with E-state index in [0.717, 1.165) is 38.0 Å². The number of likely N-dealkylation sites (N-methyl/N-ethyl adjacent to an activating group) is 1. The lowest BCUT2D eigenvalue weighted by Crippen LogP contribution is -2.59. The molecule has 0 aliphatic carbocycles. The molecule has 0 bridgehead atoms. The number of likely N-dealkylation sites (tertiary alicyclic amines) is 1. The topological polar surface area (TPSA) is 53.0 Å². The molecule has 0 saturated carbocycles. The second-order valence-corrected chi connectivity index (χ2v) is 8.52. The van der Waals surface area contributed by atoms with E-state index in [0.29, 0.717) is 38.0 Å². The van der Waals surface area contributed by atoms with Crippen LogP contribution in [0.1, 0.15) is 56.6 Å². The fraction of sp³-hybridized carbons (Fsp3) is 0.682. The van der Waals surface area contributed by atoms with Crippen LogP contribution in [0.5, 0.6) is 0 Å². The quantitative estimate of drug-likeness (QED) is 0.832. The Balaban J connectivity index is 1.63. The first-order valence-corrected chi connectivity index (χ1v) is 10.3. The van der Waals surface area contributed by atoms with Gasteiger partial charge in [-0.1, -0.05) is 38.1 Å². The van der Waals surface area contributed by atoms with Crippen molar-refractivity contribution in [1.82, 2.24) is 9.80 Å². The fourth-order valence-corrected chi connectivity index (χ4v) is 4.26. The molecule has 2 saturated heterocycles. The van der Waals surface area contributed by atoms with Gasteiger partial charge in [-0.05, 0) is 49.8 Å². The summed E-state index contributed by atoms with van der Waals surface area (Å²) >= 11 is 0. The van der Waals surface area contributed by atoms with Gasteiger partial charge < -0.3 is 14.7 Å². The summed E-state index contributed by atoms with van der Waals surface area (Å²) in [4.78, 5) is 17.0. The van der Waals surface area contributed by atoms with Crippen LogP contribution in [0, 0.1) is 0 Å². The van der Waals surface area contributed by atoms with Gasteiger partial charge in [-0.2, -0.15) is 0 Å². The summed E-state index contributed by atoms with van der Waals surface area (Å²) in [5.41, 5.74) is 1.15. The first kappa shape index (κ1) is 20.3. The van der Waals surface area contributed by atoms with Crippen LogP contribution in [-0.4, -0.2) is 65.8 Å². The van der Waals surface area contributed by atoms with E-state index in [9.17, 15) is 9.90 Å². The van der Waals surface area contributed by atoms with Crippen molar-refractivity contribution in [3.05, 3.63) is 35.4 Å². The van der Waals surface area contributed by atoms with Crippen molar-refractivity contribution >= 4 is 5.91 Å². The monoisotopic (exact) mass is 374 g/mol. The molecule has 150 valence electrons. The van der Waals surface area contributed by atoms with Crippen LogP contribution in [0.25, 0.3) is 0 Å². The Morgan fingerprint density at radius 2 is 1.93 bits per heavy atom. The molecular weight excluding hydrogens is 340 g/mol. The predicted molar refractivity (Wildman–Crippen MR) is 107 cm³/mol. The molecule has 5 nitrogen and oxygen atoms in total. The van der Waals surface area contributed by atoms with Crippen molar-refractivity contribution in [3.63, 3.8) is 0 Å². The second kappa shape index (κ2) is 8.72. The van der Waals surface area contributed by atoms with Crippen LogP contribution in [0.4, 0.5) is 0 Å². The standard InChI is InChI=1S/C22H34N2O3/c1-17(2)19-7-5-18(6-8-19)15-24-12-4-11-22(26,21(24)25)16-23(3)20-9-13-27-14-10-20/h5-8,17,20,26H,4,9-16H2,1-3H3/t22-/m0/s1. The van der Waals surface area contributed by atoms with Gasteiger partial charge in [0.25, 0.3) is 5.91 Å². The molecule has 1 atom stereocenters. The van der Waals surface area contributed by atoms with Gasteiger partial charge in [0.15, 0.2) is 5.60 Å². The predicted octanol–water partition coefficient (Wildman–Crippen LogP) is 2.77. The Hall–Kier alpha value is -1.43. The first-order valence-electron chi connectivity index (χ1n) is 10.3. The van der Waals surface area contributed by atoms with Gasteiger partial charge in [0, 0.05) is 38.9 Å². The number of rotatable bonds is 6. The number of hydrogen-bond acceptors (Lipinski definition) is 4. The zero-order valence-corrected chi connectivity index (χ0v) is 17.0. The minimum atomic E-state index is -1.27. The summed E-state index contributed by atoms with van der Waals surface area (Å²) in [5.74, 6) is 0.377. The Kier molecular flexibility index (Phi) is 6.56. The molecule has 2 aliphatic heterocycles. The number of aliphatic hydroxyl groups is 1. The van der Waals surface area contributed by atoms with Gasteiger partial charge >= 0.3 is 0 Å². The highest BCUT2D eigenvalue weighted by molar-refractivity contribution is 5.86. The molecule has 0 aromatic heterocycles. The SMILES string of the molecule is CC(C)c1ccc(CN2CCC[C@](O)(CN(C)C3CCOCC3)C2=O)cc1. The van der Waals surface area contributed by atoms with Crippen LogP contribution in [-0.2, 0) is 16.1 Å². The zero-order chi connectivity index (χ0) is 19.4. The lowest BCUT2D eigenvalue weighted by Gasteiger charge is -2.42. The summed E-state index contributed by atoms with van der Waals surface area (Å²) in [5, 5.41) is 11.1. The highest BCUT2D eigenvalue weighted by Crippen LogP contribution is 2.27. The number of nitrogens with zero attached hydrogens (tertiary/aromatic N) is 2. The summed E-state index contributed by atoms with van der Waals surface area (Å²) in [6.07, 6.45) is 3.31. The van der Waals surface area contributed by atoms with Crippen molar-refractivity contribution in [2.75, 3.05) is 33.4 Å². The maximum Gasteiger partial charge on any atom is 0.256 e. The van der Waals surface area contributed by atoms with Crippen LogP contribution in [0.2, 0.25) is 0 Å². The Bertz CT molecular complexity index is 625. The fourth-order valence-electron chi connectivity index (χ4n) is 4.26. The van der Waals surface area contributed by atoms with E-state index in [1.165, 1.54) is 5.56 Å². The van der Waals surface area contributed by atoms with Gasteiger partial charge in [0.2, 0.25) is 0 Å². The number of benzene rings is 1. The molecule has 1 aromatic rings. The number of amides is 1. The second-order valence-electron chi connectivity index (χ2n) is 8.52. The molecule has 5 heteroatoms. The normalized spacial score (nSPS) is 24.8. The summed E-state index contributed by atoms with van der Waals surface area (Å²) < 4.78 is 5.43. The molecule has 27 heavy (non-hydrogen) atoms. The van der Waals surface area contributed by atoms with E-state index < -0.39 is 5.60 Å². The summed E-state index contributed by atoms with van der Waals surface area (Å²) in [6, 6.07) is 8.86. The third kappa shape index (κ3) is 4.89. The van der Waals surface area contributed by atoms with Crippen LogP contribution in [0.3, 0.4) is 0 Å². The maximum absolute atomic E-state index is 13.1. The molecule has 2 aliphatic rings. The third-order valence-electron chi connectivity index (χ3n) is 6.05. The van der Waals surface area contributed by atoms with Crippen molar-refractivity contribution in [1.29, 1.82) is 0 Å². The highest BCUT2D eigenvalue weighted by Gasteiger charge is 2.43. The van der Waals surface area contributed by atoms with Crippen LogP contribution in [0.15, 0.2) is 24.3 Å². The van der Waals surface area contributed by atoms with E-state index in [1.807, 2.05) is 11.9 Å². The van der Waals surface area contributed by atoms with E-state index in [4.69, 9.17) is 4.74 Å². The minimum Gasteiger partial charge on any atom is -0.381 e. The van der Waals surface area contributed by atoms with Gasteiger partial charge in [-0.25, -0.2) is 0 Å². The van der Waals surface area contributed by atoms with Crippen molar-refractivity contribution < 1.29 is 14.6 Å². The Labute approximate surface area is 163 Å². The largest absolute Gasteiger partial charge is 0.381 e. The summed E-state index contributed by atoms with van der Waals surface area (Å²) in [7, 11) is 2.02. The smallest absolute Gasteiger partial charge is 0.256 e. The van der Waals surface area contributed by atoms with Gasteiger partial charge in [-0.15, -0.1) is 0 Å². The maximum atomic E-state index is 13.1. The zero-order valence-electron chi connectivity index (χ0n) is 17.0. The lowest BCUT2D eigenvalue weighted by atomic mass is 9.90. The Morgan fingerprint density at radius 1 is 1.26 bits per heavy atom. The van der Waals surface area contributed by atoms with Gasteiger partial charge in [0.1, 0.15) is 0 Å². The molecule has 1 amide bonds. The molecule has 0 unspecified atom stereocenters. The molecule has 2 fully saturated rings. The molecule has 1 N–H and O–H groups in total. The van der Waals surface area contributed by atoms with Crippen LogP contribution < -0.4 is 0 Å². The van der Waals surface area contributed by atoms with Gasteiger partial charge in [-0.3, -0.25) is 9.69 Å². The van der Waals surface area contributed by atoms with Crippen molar-refractivity contribution in [2.45, 2.75) is 63.6 Å². The molecule has 2 heterocycles. The average molecular weight is 375 g/mol. The molecule has 0 spiro atoms. The van der Waals surface area contributed by atoms with Crippen LogP contribution >= 0.6 is 0 Å². The number of hydrogen-bond donors (Lipinski definition) is 1. The third-order valence-corrected chi connectivity index (χ3v) is 6.05. The molecular formula is C22H34N2O3. The number of piperidine rings is 1. The lowest BCUT2D eigenvalue weighted by molar-refractivity contribution is -0.161. The van der Waals surface area contributed by atoms with Crippen molar-refractivity contribution in [3.8, 4) is 0 Å². The Morgan fingerprint density at radius 3 is 2.56 bits per heavy atom. The van der Waals surface area contributed by atoms with E-state index in [-0.39, 0.29) is 5.91 Å². The van der Waals surface area contributed by atoms with Crippen molar-refractivity contribution in [2.24, 2.45) is 0 Å². The molecule has 3 rings (SSSR count). The van der Waals surface area contributed by atoms with Gasteiger partial charge in [0.05, 0.1) is 0 Å². The van der Waals surface area contributed by atoms with E-state index in [2.05, 4.69) is 43.0 Å². The number of carbonyl (C=O) groups excluding carboxylic acids is 1. The summed E-state index contributed by atoms with van der Waals surface area (Å²) in [6.45, 7) is 7.57. The van der Waals surface area contributed by atoms with E-state index >= 15 is 0 Å². The average Bonchev–Trinajstić information content (AvgIpc) is 2.67. The molecule has 0 radical (unpaired) electrons. The minimum absolute atomic E-state index is 0.124.